The highest BCUT2D eigenvalue weighted by molar-refractivity contribution is 7.10. The van der Waals surface area contributed by atoms with E-state index in [0.717, 1.165) is 29.7 Å². The Balaban J connectivity index is 1.53. The topological polar surface area (TPSA) is 49.9 Å². The van der Waals surface area contributed by atoms with E-state index in [1.807, 2.05) is 66.4 Å². The van der Waals surface area contributed by atoms with Crippen LogP contribution in [0.25, 0.3) is 0 Å². The number of nitrogens with zero attached hydrogens (tertiary/aromatic N) is 2. The molecule has 6 heteroatoms. The van der Waals surface area contributed by atoms with E-state index in [4.69, 9.17) is 4.74 Å². The summed E-state index contributed by atoms with van der Waals surface area (Å²) in [6.07, 6.45) is 1.68. The van der Waals surface area contributed by atoms with Gasteiger partial charge in [0.25, 0.3) is 5.91 Å². The smallest absolute Gasteiger partial charge is 0.254 e. The Morgan fingerprint density at radius 2 is 1.91 bits per heavy atom. The zero-order valence-corrected chi connectivity index (χ0v) is 21.6. The van der Waals surface area contributed by atoms with Crippen LogP contribution in [0.4, 0.5) is 0 Å². The van der Waals surface area contributed by atoms with Crippen LogP contribution in [0, 0.1) is 12.8 Å². The first kappa shape index (κ1) is 25.0. The van der Waals surface area contributed by atoms with Crippen molar-refractivity contribution in [1.29, 1.82) is 0 Å². The molecule has 5 nitrogen and oxygen atoms in total. The number of hydrogen-bond donors (Lipinski definition) is 0. The van der Waals surface area contributed by atoms with Crippen LogP contribution in [-0.4, -0.2) is 47.9 Å². The number of rotatable bonds is 9. The van der Waals surface area contributed by atoms with Crippen molar-refractivity contribution in [3.63, 3.8) is 0 Å². The second kappa shape index (κ2) is 11.5. The molecule has 3 aromatic rings. The van der Waals surface area contributed by atoms with Gasteiger partial charge in [-0.25, -0.2) is 0 Å². The zero-order valence-electron chi connectivity index (χ0n) is 20.8. The molecule has 1 aromatic heterocycles. The van der Waals surface area contributed by atoms with Gasteiger partial charge in [-0.05, 0) is 67.0 Å². The second-order valence-corrected chi connectivity index (χ2v) is 10.6. The largest absolute Gasteiger partial charge is 0.491 e. The van der Waals surface area contributed by atoms with Crippen LogP contribution in [0.2, 0.25) is 0 Å². The van der Waals surface area contributed by atoms with Gasteiger partial charge < -0.3 is 14.5 Å². The predicted molar refractivity (Wildman–Crippen MR) is 141 cm³/mol. The van der Waals surface area contributed by atoms with E-state index in [1.54, 1.807) is 16.2 Å². The van der Waals surface area contributed by atoms with Gasteiger partial charge in [0.2, 0.25) is 5.91 Å². The molecule has 35 heavy (non-hydrogen) atoms. The van der Waals surface area contributed by atoms with Crippen molar-refractivity contribution in [3.8, 4) is 5.75 Å². The van der Waals surface area contributed by atoms with E-state index < -0.39 is 0 Å². The van der Waals surface area contributed by atoms with Crippen LogP contribution in [0.1, 0.15) is 52.7 Å². The average Bonchev–Trinajstić information content (AvgIpc) is 3.34. The van der Waals surface area contributed by atoms with Gasteiger partial charge in [0, 0.05) is 23.5 Å². The maximum Gasteiger partial charge on any atom is 0.254 e. The average molecular weight is 491 g/mol. The van der Waals surface area contributed by atoms with Gasteiger partial charge >= 0.3 is 0 Å². The van der Waals surface area contributed by atoms with E-state index in [9.17, 15) is 9.59 Å². The van der Waals surface area contributed by atoms with Gasteiger partial charge in [-0.15, -0.1) is 11.3 Å². The van der Waals surface area contributed by atoms with E-state index in [1.165, 1.54) is 4.88 Å². The summed E-state index contributed by atoms with van der Waals surface area (Å²) in [4.78, 5) is 32.0. The monoisotopic (exact) mass is 490 g/mol. The molecular weight excluding hydrogens is 456 g/mol. The van der Waals surface area contributed by atoms with Crippen LogP contribution in [0.15, 0.2) is 66.0 Å². The normalized spacial score (nSPS) is 15.1. The molecule has 0 fully saturated rings. The minimum absolute atomic E-state index is 0.0340. The maximum absolute atomic E-state index is 13.7. The molecule has 0 N–H and O–H groups in total. The number of aryl methyl sites for hydroxylation is 1. The number of carbonyl (C=O) groups is 2. The summed E-state index contributed by atoms with van der Waals surface area (Å²) in [6, 6.07) is 19.2. The minimum atomic E-state index is -0.168. The van der Waals surface area contributed by atoms with Crippen molar-refractivity contribution in [2.24, 2.45) is 5.92 Å². The summed E-state index contributed by atoms with van der Waals surface area (Å²) in [5.41, 5.74) is 2.82. The molecule has 0 saturated heterocycles. The number of para-hydroxylation sites is 1. The zero-order chi connectivity index (χ0) is 24.8. The van der Waals surface area contributed by atoms with E-state index in [-0.39, 0.29) is 24.4 Å². The van der Waals surface area contributed by atoms with Gasteiger partial charge in [0.05, 0.1) is 6.04 Å². The fourth-order valence-corrected chi connectivity index (χ4v) is 5.38. The summed E-state index contributed by atoms with van der Waals surface area (Å²) in [6.45, 7) is 7.89. The summed E-state index contributed by atoms with van der Waals surface area (Å²) in [7, 11) is 0. The first-order valence-corrected chi connectivity index (χ1v) is 13.2. The summed E-state index contributed by atoms with van der Waals surface area (Å²) < 4.78 is 6.10. The number of carbonyl (C=O) groups excluding carboxylic acids is 2. The molecule has 1 atom stereocenters. The molecule has 2 heterocycles. The first-order valence-electron chi connectivity index (χ1n) is 12.3. The van der Waals surface area contributed by atoms with Crippen LogP contribution in [-0.2, 0) is 11.2 Å². The fourth-order valence-electron chi connectivity index (χ4n) is 4.45. The highest BCUT2D eigenvalue weighted by Gasteiger charge is 2.33. The lowest BCUT2D eigenvalue weighted by molar-refractivity contribution is -0.135. The molecule has 4 rings (SSSR count). The first-order chi connectivity index (χ1) is 16.9. The lowest BCUT2D eigenvalue weighted by Crippen LogP contribution is -2.48. The Kier molecular flexibility index (Phi) is 8.24. The third-order valence-electron chi connectivity index (χ3n) is 6.42. The molecule has 0 aliphatic carbocycles. The molecule has 1 aliphatic rings. The molecule has 0 saturated carbocycles. The molecule has 2 aromatic carbocycles. The summed E-state index contributed by atoms with van der Waals surface area (Å²) in [5.74, 6) is 1.10. The van der Waals surface area contributed by atoms with E-state index >= 15 is 0 Å². The molecule has 0 unspecified atom stereocenters. The molecule has 0 bridgehead atoms. The lowest BCUT2D eigenvalue weighted by Gasteiger charge is -2.37. The number of benzene rings is 2. The van der Waals surface area contributed by atoms with Crippen LogP contribution in [0.3, 0.4) is 0 Å². The highest BCUT2D eigenvalue weighted by Crippen LogP contribution is 2.34. The van der Waals surface area contributed by atoms with Gasteiger partial charge in [-0.2, -0.15) is 0 Å². The second-order valence-electron chi connectivity index (χ2n) is 9.55. The molecule has 2 amide bonds. The highest BCUT2D eigenvalue weighted by atomic mass is 32.1. The maximum atomic E-state index is 13.7. The minimum Gasteiger partial charge on any atom is -0.491 e. The number of hydrogen-bond acceptors (Lipinski definition) is 4. The molecule has 0 radical (unpaired) electrons. The van der Waals surface area contributed by atoms with E-state index in [2.05, 4.69) is 25.3 Å². The van der Waals surface area contributed by atoms with Crippen molar-refractivity contribution < 1.29 is 14.3 Å². The Labute approximate surface area is 212 Å². The Hall–Kier alpha value is -3.12. The Morgan fingerprint density at radius 1 is 1.11 bits per heavy atom. The van der Waals surface area contributed by atoms with Crippen LogP contribution >= 0.6 is 11.3 Å². The van der Waals surface area contributed by atoms with Crippen molar-refractivity contribution >= 4 is 23.2 Å². The molecule has 184 valence electrons. The standard InChI is InChI=1S/C29H34N2O3S/c1-21(2)12-15-30(29(33)23-9-7-8-22(3)18-23)19-28(32)31-16-13-27-25(14-17-35-27)26(31)20-34-24-10-5-4-6-11-24/h4-11,14,17-18,21,26H,12-13,15-16,19-20H2,1-3H3/t26-/m1/s1. The van der Waals surface area contributed by atoms with E-state index in [0.29, 0.717) is 31.2 Å². The molecule has 1 aliphatic heterocycles. The van der Waals surface area contributed by atoms with Crippen molar-refractivity contribution in [1.82, 2.24) is 9.80 Å². The van der Waals surface area contributed by atoms with Crippen molar-refractivity contribution in [2.75, 3.05) is 26.2 Å². The van der Waals surface area contributed by atoms with Gasteiger partial charge in [0.1, 0.15) is 18.9 Å². The Bertz CT molecular complexity index is 1140. The quantitative estimate of drug-likeness (QED) is 0.384. The lowest BCUT2D eigenvalue weighted by atomic mass is 10.00. The molecular formula is C29H34N2O3S. The summed E-state index contributed by atoms with van der Waals surface area (Å²) in [5, 5.41) is 2.09. The summed E-state index contributed by atoms with van der Waals surface area (Å²) >= 11 is 1.74. The third-order valence-corrected chi connectivity index (χ3v) is 7.42. The number of thiophene rings is 1. The van der Waals surface area contributed by atoms with Gasteiger partial charge in [0.15, 0.2) is 0 Å². The van der Waals surface area contributed by atoms with Crippen LogP contribution < -0.4 is 4.74 Å². The number of ether oxygens (including phenoxy) is 1. The SMILES string of the molecule is Cc1cccc(C(=O)N(CCC(C)C)CC(=O)N2CCc3sccc3[C@H]2COc2ccccc2)c1. The Morgan fingerprint density at radius 3 is 2.66 bits per heavy atom. The van der Waals surface area contributed by atoms with Gasteiger partial charge in [-0.1, -0.05) is 49.7 Å². The third kappa shape index (κ3) is 6.31. The number of fused-ring (bicyclic) bond motifs is 1. The van der Waals surface area contributed by atoms with Crippen molar-refractivity contribution in [2.45, 2.75) is 39.7 Å². The number of amides is 2. The fraction of sp³-hybridized carbons (Fsp3) is 0.379. The van der Waals surface area contributed by atoms with Gasteiger partial charge in [-0.3, -0.25) is 9.59 Å². The van der Waals surface area contributed by atoms with Crippen LogP contribution in [0.5, 0.6) is 5.75 Å². The van der Waals surface area contributed by atoms with Crippen molar-refractivity contribution in [3.05, 3.63) is 87.6 Å². The predicted octanol–water partition coefficient (Wildman–Crippen LogP) is 5.75. The molecule has 0 spiro atoms.